The molecule has 1 N–H and O–H groups in total. The molecule has 2 aromatic rings. The predicted octanol–water partition coefficient (Wildman–Crippen LogP) is 4.60. The van der Waals surface area contributed by atoms with E-state index < -0.39 is 0 Å². The lowest BCUT2D eigenvalue weighted by Crippen LogP contribution is -2.59. The number of nitrogens with one attached hydrogen (secondary N) is 1. The van der Waals surface area contributed by atoms with Gasteiger partial charge in [-0.2, -0.15) is 0 Å². The number of carbonyl (C=O) groups is 1. The summed E-state index contributed by atoms with van der Waals surface area (Å²) in [6, 6.07) is 18.5. The number of Topliss-reactive ketones (excluding diaryl/α,β-unsaturated/α-hetero) is 1. The molecule has 182 valence electrons. The summed E-state index contributed by atoms with van der Waals surface area (Å²) in [5.41, 5.74) is 5.06. The van der Waals surface area contributed by atoms with Crippen molar-refractivity contribution in [2.24, 2.45) is 4.99 Å². The molecule has 0 spiro atoms. The standard InChI is InChI=1S/C27H36N4O3/c1-20-9-7-10-21(2)30(20)31-25(14-8-13-22-11-5-4-6-12-22)27(34-29-31)28-19-26(32)23-15-17-24(33-3)18-16-23/h4-6,11-12,15-18,20-21,25,29H,7-10,13-14,19H2,1-3H3. The third-order valence-electron chi connectivity index (χ3n) is 6.80. The smallest absolute Gasteiger partial charge is 0.232 e. The minimum atomic E-state index is -0.0459. The molecule has 2 fully saturated rings. The average molecular weight is 465 g/mol. The number of benzene rings is 2. The number of piperidine rings is 1. The fraction of sp³-hybridized carbons (Fsp3) is 0.481. The summed E-state index contributed by atoms with van der Waals surface area (Å²) in [6.45, 7) is 4.58. The Morgan fingerprint density at radius 2 is 1.79 bits per heavy atom. The number of hydrogen-bond acceptors (Lipinski definition) is 7. The van der Waals surface area contributed by atoms with E-state index in [0.29, 0.717) is 23.5 Å². The lowest BCUT2D eigenvalue weighted by atomic mass is 9.99. The Morgan fingerprint density at radius 3 is 2.47 bits per heavy atom. The molecule has 0 radical (unpaired) electrons. The van der Waals surface area contributed by atoms with Crippen LogP contribution in [0.5, 0.6) is 5.75 Å². The summed E-state index contributed by atoms with van der Waals surface area (Å²) >= 11 is 0. The number of hydrazine groups is 2. The fourth-order valence-corrected chi connectivity index (χ4v) is 4.92. The molecule has 2 aliphatic rings. The molecule has 0 amide bonds. The zero-order chi connectivity index (χ0) is 23.9. The minimum absolute atomic E-state index is 0.0417. The van der Waals surface area contributed by atoms with Crippen LogP contribution in [0, 0.1) is 0 Å². The molecule has 0 aromatic heterocycles. The van der Waals surface area contributed by atoms with Gasteiger partial charge in [-0.1, -0.05) is 42.3 Å². The molecule has 2 aliphatic heterocycles. The van der Waals surface area contributed by atoms with Gasteiger partial charge in [-0.05, 0) is 75.8 Å². The maximum atomic E-state index is 12.7. The van der Waals surface area contributed by atoms with Crippen molar-refractivity contribution in [2.75, 3.05) is 13.7 Å². The first-order valence-corrected chi connectivity index (χ1v) is 12.3. The second-order valence-corrected chi connectivity index (χ2v) is 9.25. The Balaban J connectivity index is 1.47. The van der Waals surface area contributed by atoms with Gasteiger partial charge < -0.3 is 9.57 Å². The first kappa shape index (κ1) is 24.4. The summed E-state index contributed by atoms with van der Waals surface area (Å²) in [7, 11) is 1.61. The number of rotatable bonds is 9. The summed E-state index contributed by atoms with van der Waals surface area (Å²) in [4.78, 5) is 23.2. The zero-order valence-corrected chi connectivity index (χ0v) is 20.4. The van der Waals surface area contributed by atoms with Crippen LogP contribution in [0.25, 0.3) is 0 Å². The van der Waals surface area contributed by atoms with Crippen LogP contribution in [0.4, 0.5) is 0 Å². The van der Waals surface area contributed by atoms with Crippen LogP contribution in [0.2, 0.25) is 0 Å². The van der Waals surface area contributed by atoms with E-state index in [1.807, 2.05) is 6.07 Å². The van der Waals surface area contributed by atoms with Gasteiger partial charge in [-0.3, -0.25) is 4.79 Å². The molecule has 2 heterocycles. The first-order chi connectivity index (χ1) is 16.6. The molecule has 7 nitrogen and oxygen atoms in total. The molecule has 0 aliphatic carbocycles. The highest BCUT2D eigenvalue weighted by Gasteiger charge is 2.41. The molecular weight excluding hydrogens is 428 g/mol. The van der Waals surface area contributed by atoms with Gasteiger partial charge in [0.2, 0.25) is 5.90 Å². The van der Waals surface area contributed by atoms with Crippen LogP contribution in [-0.2, 0) is 11.3 Å². The van der Waals surface area contributed by atoms with Crippen molar-refractivity contribution in [1.29, 1.82) is 0 Å². The molecule has 3 unspecified atom stereocenters. The fourth-order valence-electron chi connectivity index (χ4n) is 4.92. The maximum Gasteiger partial charge on any atom is 0.232 e. The van der Waals surface area contributed by atoms with Gasteiger partial charge in [0.05, 0.1) is 7.11 Å². The Hall–Kier alpha value is -2.74. The van der Waals surface area contributed by atoms with E-state index in [9.17, 15) is 4.79 Å². The second kappa shape index (κ2) is 11.6. The summed E-state index contributed by atoms with van der Waals surface area (Å²) in [5, 5.41) is 4.51. The number of aliphatic imine (C=N–C) groups is 1. The molecular formula is C27H36N4O3. The highest BCUT2D eigenvalue weighted by molar-refractivity contribution is 5.99. The van der Waals surface area contributed by atoms with Crippen LogP contribution < -0.4 is 10.3 Å². The van der Waals surface area contributed by atoms with Gasteiger partial charge >= 0.3 is 0 Å². The molecule has 0 bridgehead atoms. The van der Waals surface area contributed by atoms with E-state index in [1.54, 1.807) is 31.4 Å². The predicted molar refractivity (Wildman–Crippen MR) is 133 cm³/mol. The molecule has 7 heteroatoms. The summed E-state index contributed by atoms with van der Waals surface area (Å²) in [5.74, 6) is 1.27. The van der Waals surface area contributed by atoms with Crippen LogP contribution in [0.1, 0.15) is 61.9 Å². The molecule has 2 aromatic carbocycles. The topological polar surface area (TPSA) is 66.4 Å². The largest absolute Gasteiger partial charge is 0.497 e. The van der Waals surface area contributed by atoms with Gasteiger partial charge in [0.15, 0.2) is 5.78 Å². The Kier molecular flexibility index (Phi) is 8.32. The van der Waals surface area contributed by atoms with E-state index in [0.717, 1.165) is 37.9 Å². The Morgan fingerprint density at radius 1 is 1.09 bits per heavy atom. The number of ether oxygens (including phenoxy) is 1. The highest BCUT2D eigenvalue weighted by atomic mass is 16.7. The average Bonchev–Trinajstić information content (AvgIpc) is 3.25. The normalized spacial score (nSPS) is 24.8. The third kappa shape index (κ3) is 5.84. The van der Waals surface area contributed by atoms with E-state index in [-0.39, 0.29) is 18.4 Å². The van der Waals surface area contributed by atoms with Crippen molar-refractivity contribution in [3.05, 3.63) is 65.7 Å². The van der Waals surface area contributed by atoms with E-state index in [1.165, 1.54) is 12.0 Å². The van der Waals surface area contributed by atoms with E-state index >= 15 is 0 Å². The van der Waals surface area contributed by atoms with Crippen molar-refractivity contribution < 1.29 is 14.4 Å². The van der Waals surface area contributed by atoms with Crippen molar-refractivity contribution in [2.45, 2.75) is 70.5 Å². The molecule has 2 saturated heterocycles. The molecule has 34 heavy (non-hydrogen) atoms. The number of hydrogen-bond donors (Lipinski definition) is 1. The Labute approximate surface area is 202 Å². The van der Waals surface area contributed by atoms with E-state index in [4.69, 9.17) is 9.57 Å². The SMILES string of the molecule is COc1ccc(C(=O)CN=C2ONN(N3C(C)CCCC3C)C2CCCc2ccccc2)cc1. The van der Waals surface area contributed by atoms with Crippen LogP contribution in [0.3, 0.4) is 0 Å². The monoisotopic (exact) mass is 464 g/mol. The van der Waals surface area contributed by atoms with Gasteiger partial charge in [0, 0.05) is 17.6 Å². The molecule has 4 rings (SSSR count). The van der Waals surface area contributed by atoms with Crippen LogP contribution in [-0.4, -0.2) is 53.6 Å². The van der Waals surface area contributed by atoms with Crippen LogP contribution in [0.15, 0.2) is 59.6 Å². The number of ketones is 1. The zero-order valence-electron chi connectivity index (χ0n) is 20.4. The summed E-state index contributed by atoms with van der Waals surface area (Å²) < 4.78 is 5.18. The first-order valence-electron chi connectivity index (χ1n) is 12.3. The van der Waals surface area contributed by atoms with Crippen molar-refractivity contribution >= 4 is 11.7 Å². The number of aryl methyl sites for hydroxylation is 1. The van der Waals surface area contributed by atoms with Gasteiger partial charge in [0.25, 0.3) is 0 Å². The molecule has 3 atom stereocenters. The van der Waals surface area contributed by atoms with E-state index in [2.05, 4.69) is 58.8 Å². The lowest BCUT2D eigenvalue weighted by Gasteiger charge is -2.44. The summed E-state index contributed by atoms with van der Waals surface area (Å²) in [6.07, 6.45) is 6.42. The number of methoxy groups -OCH3 is 1. The maximum absolute atomic E-state index is 12.7. The van der Waals surface area contributed by atoms with Crippen molar-refractivity contribution in [3.63, 3.8) is 0 Å². The van der Waals surface area contributed by atoms with Gasteiger partial charge in [0.1, 0.15) is 18.3 Å². The van der Waals surface area contributed by atoms with Gasteiger partial charge in [-0.15, -0.1) is 5.12 Å². The van der Waals surface area contributed by atoms with Crippen molar-refractivity contribution in [3.8, 4) is 5.75 Å². The Bertz CT molecular complexity index is 954. The van der Waals surface area contributed by atoms with Crippen LogP contribution >= 0.6 is 0 Å². The lowest BCUT2D eigenvalue weighted by molar-refractivity contribution is -0.179. The highest BCUT2D eigenvalue weighted by Crippen LogP contribution is 2.28. The van der Waals surface area contributed by atoms with Gasteiger partial charge in [-0.25, -0.2) is 10.0 Å². The third-order valence-corrected chi connectivity index (χ3v) is 6.80. The molecule has 0 saturated carbocycles. The number of nitrogens with zero attached hydrogens (tertiary/aromatic N) is 3. The number of carbonyl (C=O) groups excluding carboxylic acids is 1. The van der Waals surface area contributed by atoms with Crippen molar-refractivity contribution in [1.82, 2.24) is 15.7 Å². The quantitative estimate of drug-likeness (QED) is 0.547. The second-order valence-electron chi connectivity index (χ2n) is 9.25. The minimum Gasteiger partial charge on any atom is -0.497 e.